The van der Waals surface area contributed by atoms with Gasteiger partial charge in [0.25, 0.3) is 0 Å². The highest BCUT2D eigenvalue weighted by molar-refractivity contribution is 7.98. The van der Waals surface area contributed by atoms with Crippen LogP contribution in [-0.4, -0.2) is 65.5 Å². The topological polar surface area (TPSA) is 186 Å². The molecule has 0 aliphatic rings. The van der Waals surface area contributed by atoms with E-state index in [1.54, 1.807) is 13.8 Å². The molecule has 0 aliphatic carbocycles. The molecule has 0 aromatic heterocycles. The zero-order valence-corrected chi connectivity index (χ0v) is 16.9. The van der Waals surface area contributed by atoms with E-state index in [4.69, 9.17) is 17.2 Å². The molecule has 0 radical (unpaired) electrons. The lowest BCUT2D eigenvalue weighted by Crippen LogP contribution is -2.55. The van der Waals surface area contributed by atoms with Crippen LogP contribution in [0.25, 0.3) is 0 Å². The van der Waals surface area contributed by atoms with Gasteiger partial charge in [-0.1, -0.05) is 13.8 Å². The Bertz CT molecular complexity index is 525. The Kier molecular flexibility index (Phi) is 12.2. The minimum absolute atomic E-state index is 0.0766. The van der Waals surface area contributed by atoms with Crippen LogP contribution in [0.4, 0.5) is 0 Å². The van der Waals surface area contributed by atoms with Gasteiger partial charge in [0.1, 0.15) is 12.1 Å². The number of hydrogen-bond donors (Lipinski definition) is 6. The molecule has 3 atom stereocenters. The monoisotopic (exact) mass is 404 g/mol. The fourth-order valence-corrected chi connectivity index (χ4v) is 2.58. The van der Waals surface area contributed by atoms with Gasteiger partial charge < -0.3 is 32.9 Å². The lowest BCUT2D eigenvalue weighted by atomic mass is 10.0. The molecule has 0 aromatic rings. The van der Waals surface area contributed by atoms with Crippen LogP contribution in [0.1, 0.15) is 33.1 Å². The van der Waals surface area contributed by atoms with Crippen molar-refractivity contribution in [3.63, 3.8) is 0 Å². The van der Waals surface area contributed by atoms with Gasteiger partial charge in [0.05, 0.1) is 6.04 Å². The highest BCUT2D eigenvalue weighted by Gasteiger charge is 2.28. The van der Waals surface area contributed by atoms with Crippen molar-refractivity contribution in [3.8, 4) is 0 Å². The summed E-state index contributed by atoms with van der Waals surface area (Å²) in [6, 6.07) is -2.70. The average molecular weight is 405 g/mol. The van der Waals surface area contributed by atoms with Crippen LogP contribution < -0.4 is 27.8 Å². The predicted molar refractivity (Wildman–Crippen MR) is 107 cm³/mol. The number of thioether (sulfide) groups is 1. The first-order chi connectivity index (χ1) is 12.6. The molecule has 0 aromatic carbocycles. The number of carbonyl (C=O) groups excluding carboxylic acids is 2. The first kappa shape index (κ1) is 25.0. The van der Waals surface area contributed by atoms with Gasteiger partial charge >= 0.3 is 5.97 Å². The molecule has 156 valence electrons. The second-order valence-corrected chi connectivity index (χ2v) is 7.45. The van der Waals surface area contributed by atoms with E-state index in [9.17, 15) is 19.5 Å². The molecule has 0 spiro atoms. The Balaban J connectivity index is 4.92. The fraction of sp³-hybridized carbons (Fsp3) is 0.750. The molecular weight excluding hydrogens is 372 g/mol. The van der Waals surface area contributed by atoms with Gasteiger partial charge in [0.15, 0.2) is 5.96 Å². The maximum atomic E-state index is 12.5. The SMILES string of the molecule is CSCCC(NC(=O)C(N)C(C)C)C(=O)NC(CCCN=C(N)N)C(=O)O. The number of rotatable bonds is 13. The second-order valence-electron chi connectivity index (χ2n) is 6.46. The molecule has 0 bridgehead atoms. The zero-order valence-electron chi connectivity index (χ0n) is 16.1. The normalized spacial score (nSPS) is 14.1. The van der Waals surface area contributed by atoms with Crippen molar-refractivity contribution < 1.29 is 19.5 Å². The molecule has 11 heteroatoms. The minimum Gasteiger partial charge on any atom is -0.480 e. The molecule has 3 unspecified atom stereocenters. The third kappa shape index (κ3) is 10.7. The Morgan fingerprint density at radius 3 is 2.15 bits per heavy atom. The number of aliphatic imine (C=N–C) groups is 1. The smallest absolute Gasteiger partial charge is 0.326 e. The first-order valence-corrected chi connectivity index (χ1v) is 10.1. The van der Waals surface area contributed by atoms with E-state index in [1.165, 1.54) is 11.8 Å². The average Bonchev–Trinajstić information content (AvgIpc) is 2.59. The van der Waals surface area contributed by atoms with Crippen molar-refractivity contribution in [1.82, 2.24) is 10.6 Å². The number of aliphatic carboxylic acids is 1. The molecule has 27 heavy (non-hydrogen) atoms. The Morgan fingerprint density at radius 2 is 1.67 bits per heavy atom. The number of nitrogens with zero attached hydrogens (tertiary/aromatic N) is 1. The maximum Gasteiger partial charge on any atom is 0.326 e. The third-order valence-electron chi connectivity index (χ3n) is 3.82. The van der Waals surface area contributed by atoms with Gasteiger partial charge in [-0.3, -0.25) is 14.6 Å². The van der Waals surface area contributed by atoms with E-state index in [1.807, 2.05) is 6.26 Å². The Labute approximate surface area is 164 Å². The number of carbonyl (C=O) groups is 3. The number of hydrogen-bond acceptors (Lipinski definition) is 6. The van der Waals surface area contributed by atoms with Crippen LogP contribution in [-0.2, 0) is 14.4 Å². The number of carboxylic acid groups (broad SMARTS) is 1. The molecule has 0 aliphatic heterocycles. The molecule has 0 saturated carbocycles. The van der Waals surface area contributed by atoms with Crippen molar-refractivity contribution in [2.75, 3.05) is 18.6 Å². The highest BCUT2D eigenvalue weighted by atomic mass is 32.2. The zero-order chi connectivity index (χ0) is 21.0. The first-order valence-electron chi connectivity index (χ1n) is 8.73. The minimum atomic E-state index is -1.16. The lowest BCUT2D eigenvalue weighted by molar-refractivity contribution is -0.142. The van der Waals surface area contributed by atoms with E-state index in [2.05, 4.69) is 15.6 Å². The largest absolute Gasteiger partial charge is 0.480 e. The van der Waals surface area contributed by atoms with Crippen molar-refractivity contribution in [2.45, 2.75) is 51.2 Å². The van der Waals surface area contributed by atoms with Gasteiger partial charge in [-0.2, -0.15) is 11.8 Å². The number of nitrogens with two attached hydrogens (primary N) is 3. The van der Waals surface area contributed by atoms with Crippen LogP contribution in [0.5, 0.6) is 0 Å². The van der Waals surface area contributed by atoms with Gasteiger partial charge in [-0.25, -0.2) is 4.79 Å². The van der Waals surface area contributed by atoms with E-state index in [0.717, 1.165) is 0 Å². The summed E-state index contributed by atoms with van der Waals surface area (Å²) in [6.45, 7) is 3.87. The van der Waals surface area contributed by atoms with Crippen LogP contribution in [0.15, 0.2) is 4.99 Å². The summed E-state index contributed by atoms with van der Waals surface area (Å²) in [5.41, 5.74) is 16.3. The molecule has 2 amide bonds. The molecule has 0 saturated heterocycles. The molecular formula is C16H32N6O4S. The fourth-order valence-electron chi connectivity index (χ4n) is 2.11. The molecule has 9 N–H and O–H groups in total. The number of nitrogens with one attached hydrogen (secondary N) is 2. The van der Waals surface area contributed by atoms with E-state index in [0.29, 0.717) is 18.6 Å². The maximum absolute atomic E-state index is 12.5. The van der Waals surface area contributed by atoms with E-state index in [-0.39, 0.29) is 24.8 Å². The van der Waals surface area contributed by atoms with Crippen LogP contribution in [0.2, 0.25) is 0 Å². The van der Waals surface area contributed by atoms with E-state index >= 15 is 0 Å². The van der Waals surface area contributed by atoms with E-state index < -0.39 is 35.9 Å². The number of amides is 2. The van der Waals surface area contributed by atoms with Gasteiger partial charge in [0.2, 0.25) is 11.8 Å². The summed E-state index contributed by atoms with van der Waals surface area (Å²) in [7, 11) is 0. The van der Waals surface area contributed by atoms with Crippen molar-refractivity contribution in [2.24, 2.45) is 28.1 Å². The van der Waals surface area contributed by atoms with Gasteiger partial charge in [-0.15, -0.1) is 0 Å². The molecule has 0 rings (SSSR count). The molecule has 0 heterocycles. The van der Waals surface area contributed by atoms with Crippen molar-refractivity contribution >= 4 is 35.5 Å². The standard InChI is InChI=1S/C16H32N6O4S/c1-9(2)12(17)14(24)21-10(6-8-27-3)13(23)22-11(15(25)26)5-4-7-20-16(18)19/h9-12H,4-8,17H2,1-3H3,(H,21,24)(H,22,23)(H,25,26)(H4,18,19,20). The van der Waals surface area contributed by atoms with Crippen molar-refractivity contribution in [1.29, 1.82) is 0 Å². The lowest BCUT2D eigenvalue weighted by Gasteiger charge is -2.23. The summed E-state index contributed by atoms with van der Waals surface area (Å²) in [5.74, 6) is -1.70. The van der Waals surface area contributed by atoms with Gasteiger partial charge in [0, 0.05) is 6.54 Å². The molecule has 10 nitrogen and oxygen atoms in total. The summed E-state index contributed by atoms with van der Waals surface area (Å²) in [5, 5.41) is 14.4. The number of carboxylic acids is 1. The third-order valence-corrected chi connectivity index (χ3v) is 4.47. The predicted octanol–water partition coefficient (Wildman–Crippen LogP) is -1.17. The van der Waals surface area contributed by atoms with Crippen LogP contribution in [0.3, 0.4) is 0 Å². The van der Waals surface area contributed by atoms with Crippen LogP contribution >= 0.6 is 11.8 Å². The summed E-state index contributed by atoms with van der Waals surface area (Å²) < 4.78 is 0. The van der Waals surface area contributed by atoms with Crippen LogP contribution in [0, 0.1) is 5.92 Å². The summed E-state index contributed by atoms with van der Waals surface area (Å²) in [6.07, 6.45) is 2.78. The molecule has 0 fully saturated rings. The highest BCUT2D eigenvalue weighted by Crippen LogP contribution is 2.06. The van der Waals surface area contributed by atoms with Gasteiger partial charge in [-0.05, 0) is 37.2 Å². The van der Waals surface area contributed by atoms with Crippen molar-refractivity contribution in [3.05, 3.63) is 0 Å². The number of guanidine groups is 1. The quantitative estimate of drug-likeness (QED) is 0.126. The Hall–Kier alpha value is -2.01. The summed E-state index contributed by atoms with van der Waals surface area (Å²) >= 11 is 1.52. The Morgan fingerprint density at radius 1 is 1.07 bits per heavy atom. The second kappa shape index (κ2) is 13.2. The summed E-state index contributed by atoms with van der Waals surface area (Å²) in [4.78, 5) is 39.9.